The smallest absolute Gasteiger partial charge is 0.154 e. The monoisotopic (exact) mass is 305 g/mol. The van der Waals surface area contributed by atoms with Gasteiger partial charge in [-0.1, -0.05) is 34.8 Å². The lowest BCUT2D eigenvalue weighted by molar-refractivity contribution is 0.716. The Morgan fingerprint density at radius 1 is 1.28 bits per heavy atom. The highest BCUT2D eigenvalue weighted by atomic mass is 35.5. The predicted octanol–water partition coefficient (Wildman–Crippen LogP) is 3.34. The maximum atomic E-state index is 6.04. The van der Waals surface area contributed by atoms with E-state index in [-0.39, 0.29) is 11.2 Å². The van der Waals surface area contributed by atoms with Crippen LogP contribution < -0.4 is 5.32 Å². The number of rotatable bonds is 3. The first kappa shape index (κ1) is 13.4. The minimum atomic E-state index is -0.111. The van der Waals surface area contributed by atoms with E-state index in [0.717, 1.165) is 5.82 Å². The maximum Gasteiger partial charge on any atom is 0.154 e. The molecule has 0 fully saturated rings. The van der Waals surface area contributed by atoms with Gasteiger partial charge in [0.1, 0.15) is 17.3 Å². The molecule has 0 aliphatic carbocycles. The first-order valence-electron chi connectivity index (χ1n) is 5.11. The van der Waals surface area contributed by atoms with E-state index in [9.17, 15) is 0 Å². The molecule has 0 saturated carbocycles. The molecule has 1 unspecified atom stereocenters. The fraction of sp³-hybridized carbons (Fsp3) is 0.300. The number of hydrogen-bond acceptors (Lipinski definition) is 4. The Morgan fingerprint density at radius 3 is 2.61 bits per heavy atom. The molecule has 2 aromatic heterocycles. The molecule has 0 radical (unpaired) electrons. The second kappa shape index (κ2) is 5.30. The highest BCUT2D eigenvalue weighted by molar-refractivity contribution is 6.42. The Balaban J connectivity index is 2.24. The normalized spacial score (nSPS) is 12.5. The second-order valence-corrected chi connectivity index (χ2v) is 4.93. The number of nitrogens with zero attached hydrogens (tertiary/aromatic N) is 4. The summed E-state index contributed by atoms with van der Waals surface area (Å²) in [6.07, 6.45) is 1.62. The Hall–Kier alpha value is -1.04. The molecule has 0 aliphatic heterocycles. The van der Waals surface area contributed by atoms with E-state index in [1.165, 1.54) is 0 Å². The van der Waals surface area contributed by atoms with E-state index < -0.39 is 0 Å². The molecular weight excluding hydrogens is 297 g/mol. The number of aromatic nitrogens is 4. The Labute approximate surface area is 119 Å². The van der Waals surface area contributed by atoms with Crippen LogP contribution in [0.5, 0.6) is 0 Å². The molecule has 1 N–H and O–H groups in total. The van der Waals surface area contributed by atoms with E-state index in [1.54, 1.807) is 12.4 Å². The lowest BCUT2D eigenvalue weighted by atomic mass is 10.3. The number of hydrogen-bond donors (Lipinski definition) is 1. The number of aryl methyl sites for hydroxylation is 1. The van der Waals surface area contributed by atoms with Gasteiger partial charge in [0.05, 0.1) is 16.1 Å². The fourth-order valence-corrected chi connectivity index (χ4v) is 2.05. The van der Waals surface area contributed by atoms with E-state index in [0.29, 0.717) is 15.9 Å². The molecular formula is C10H10Cl3N5. The number of nitrogens with one attached hydrogen (secondary N) is 1. The largest absolute Gasteiger partial charge is 0.359 e. The molecule has 0 aliphatic rings. The first-order valence-corrected chi connectivity index (χ1v) is 6.24. The van der Waals surface area contributed by atoms with Crippen molar-refractivity contribution in [2.24, 2.45) is 7.05 Å². The lowest BCUT2D eigenvalue weighted by Gasteiger charge is -2.15. The molecule has 5 nitrogen and oxygen atoms in total. The molecule has 0 spiro atoms. The van der Waals surface area contributed by atoms with Crippen molar-refractivity contribution in [3.8, 4) is 0 Å². The van der Waals surface area contributed by atoms with Crippen LogP contribution >= 0.6 is 34.8 Å². The van der Waals surface area contributed by atoms with Gasteiger partial charge in [0.2, 0.25) is 0 Å². The van der Waals surface area contributed by atoms with Crippen molar-refractivity contribution >= 4 is 40.6 Å². The van der Waals surface area contributed by atoms with Crippen LogP contribution in [0.25, 0.3) is 0 Å². The Bertz CT molecular complexity index is 569. The Kier molecular flexibility index (Phi) is 3.94. The summed E-state index contributed by atoms with van der Waals surface area (Å²) >= 11 is 17.7. The molecule has 18 heavy (non-hydrogen) atoms. The van der Waals surface area contributed by atoms with Gasteiger partial charge in [-0.3, -0.25) is 0 Å². The highest BCUT2D eigenvalue weighted by Gasteiger charge is 2.15. The molecule has 0 bridgehead atoms. The van der Waals surface area contributed by atoms with E-state index >= 15 is 0 Å². The zero-order valence-electron chi connectivity index (χ0n) is 9.65. The SMILES string of the molecule is CC(Nc1nc(Cl)c(Cl)cc1Cl)c1nncn1C. The number of anilines is 1. The van der Waals surface area contributed by atoms with Crippen molar-refractivity contribution in [1.82, 2.24) is 19.7 Å². The van der Waals surface area contributed by atoms with Crippen LogP contribution in [-0.2, 0) is 7.05 Å². The van der Waals surface area contributed by atoms with Crippen molar-refractivity contribution in [1.29, 1.82) is 0 Å². The number of pyridine rings is 1. The van der Waals surface area contributed by atoms with Gasteiger partial charge in [-0.2, -0.15) is 0 Å². The minimum absolute atomic E-state index is 0.111. The third kappa shape index (κ3) is 2.68. The van der Waals surface area contributed by atoms with Gasteiger partial charge >= 0.3 is 0 Å². The second-order valence-electron chi connectivity index (χ2n) is 3.76. The van der Waals surface area contributed by atoms with E-state index in [1.807, 2.05) is 18.5 Å². The zero-order chi connectivity index (χ0) is 13.3. The van der Waals surface area contributed by atoms with Crippen LogP contribution in [0.4, 0.5) is 5.82 Å². The maximum absolute atomic E-state index is 6.04. The summed E-state index contributed by atoms with van der Waals surface area (Å²) in [5.74, 6) is 1.22. The summed E-state index contributed by atoms with van der Waals surface area (Å²) in [4.78, 5) is 4.08. The van der Waals surface area contributed by atoms with Crippen molar-refractivity contribution < 1.29 is 0 Å². The Morgan fingerprint density at radius 2 is 2.00 bits per heavy atom. The third-order valence-corrected chi connectivity index (χ3v) is 3.33. The van der Waals surface area contributed by atoms with Crippen LogP contribution in [0.2, 0.25) is 15.2 Å². The van der Waals surface area contributed by atoms with Crippen molar-refractivity contribution in [2.45, 2.75) is 13.0 Å². The third-order valence-electron chi connectivity index (χ3n) is 2.37. The van der Waals surface area contributed by atoms with Crippen molar-refractivity contribution in [3.05, 3.63) is 33.4 Å². The fourth-order valence-electron chi connectivity index (χ4n) is 1.50. The summed E-state index contributed by atoms with van der Waals surface area (Å²) in [6.45, 7) is 1.92. The summed E-state index contributed by atoms with van der Waals surface area (Å²) in [7, 11) is 1.86. The molecule has 8 heteroatoms. The van der Waals surface area contributed by atoms with Crippen LogP contribution in [0, 0.1) is 0 Å². The summed E-state index contributed by atoms with van der Waals surface area (Å²) in [6, 6.07) is 1.43. The minimum Gasteiger partial charge on any atom is -0.359 e. The quantitative estimate of drug-likeness (QED) is 0.884. The highest BCUT2D eigenvalue weighted by Crippen LogP contribution is 2.30. The number of halogens is 3. The average molecular weight is 307 g/mol. The zero-order valence-corrected chi connectivity index (χ0v) is 11.9. The van der Waals surface area contributed by atoms with E-state index in [2.05, 4.69) is 20.5 Å². The van der Waals surface area contributed by atoms with Gasteiger partial charge in [0.25, 0.3) is 0 Å². The van der Waals surface area contributed by atoms with Crippen LogP contribution in [-0.4, -0.2) is 19.7 Å². The molecule has 96 valence electrons. The first-order chi connectivity index (χ1) is 8.49. The van der Waals surface area contributed by atoms with Gasteiger partial charge in [-0.15, -0.1) is 10.2 Å². The molecule has 2 rings (SSSR count). The lowest BCUT2D eigenvalue weighted by Crippen LogP contribution is -2.13. The van der Waals surface area contributed by atoms with Gasteiger partial charge in [-0.05, 0) is 13.0 Å². The predicted molar refractivity (Wildman–Crippen MR) is 72.3 cm³/mol. The standard InChI is InChI=1S/C10H10Cl3N5/c1-5(10-17-14-4-18(10)2)15-9-7(12)3-6(11)8(13)16-9/h3-5H,1-2H3,(H,15,16). The van der Waals surface area contributed by atoms with Gasteiger partial charge in [0, 0.05) is 7.05 Å². The van der Waals surface area contributed by atoms with Crippen molar-refractivity contribution in [3.63, 3.8) is 0 Å². The van der Waals surface area contributed by atoms with Gasteiger partial charge < -0.3 is 9.88 Å². The van der Waals surface area contributed by atoms with E-state index in [4.69, 9.17) is 34.8 Å². The molecule has 2 heterocycles. The molecule has 0 amide bonds. The van der Waals surface area contributed by atoms with Gasteiger partial charge in [0.15, 0.2) is 5.82 Å². The van der Waals surface area contributed by atoms with Crippen molar-refractivity contribution in [2.75, 3.05) is 5.32 Å². The topological polar surface area (TPSA) is 55.6 Å². The summed E-state index contributed by atoms with van der Waals surface area (Å²) in [5, 5.41) is 11.8. The molecule has 2 aromatic rings. The summed E-state index contributed by atoms with van der Waals surface area (Å²) in [5.41, 5.74) is 0. The molecule has 0 saturated heterocycles. The van der Waals surface area contributed by atoms with Crippen LogP contribution in [0.15, 0.2) is 12.4 Å². The summed E-state index contributed by atoms with van der Waals surface area (Å²) < 4.78 is 1.81. The van der Waals surface area contributed by atoms with Crippen LogP contribution in [0.1, 0.15) is 18.8 Å². The average Bonchev–Trinajstić information content (AvgIpc) is 2.72. The molecule has 1 atom stereocenters. The molecule has 0 aromatic carbocycles. The van der Waals surface area contributed by atoms with Gasteiger partial charge in [-0.25, -0.2) is 4.98 Å². The van der Waals surface area contributed by atoms with Crippen LogP contribution in [0.3, 0.4) is 0 Å².